The zero-order chi connectivity index (χ0) is 18.8. The quantitative estimate of drug-likeness (QED) is 0.716. The third kappa shape index (κ3) is 3.26. The molecule has 108 valence electrons. The van der Waals surface area contributed by atoms with E-state index < -0.39 is 19.6 Å². The van der Waals surface area contributed by atoms with Crippen molar-refractivity contribution in [3.8, 4) is 5.75 Å². The van der Waals surface area contributed by atoms with Gasteiger partial charge in [-0.2, -0.15) is 0 Å². The van der Waals surface area contributed by atoms with Crippen LogP contribution in [-0.2, 0) is 0 Å². The van der Waals surface area contributed by atoms with Crippen LogP contribution in [0, 0.1) is 0 Å². The van der Waals surface area contributed by atoms with Crippen molar-refractivity contribution in [2.24, 2.45) is 0 Å². The van der Waals surface area contributed by atoms with Crippen molar-refractivity contribution in [2.75, 3.05) is 13.5 Å². The molecule has 21 heavy (non-hydrogen) atoms. The van der Waals surface area contributed by atoms with Crippen LogP contribution in [0.25, 0.3) is 10.8 Å². The Balaban J connectivity index is 1.90. The predicted octanol–water partition coefficient (Wildman–Crippen LogP) is 4.63. The minimum Gasteiger partial charge on any atom is -0.484 e. The molecule has 3 rings (SSSR count). The Kier molecular flexibility index (Phi) is 2.96. The van der Waals surface area contributed by atoms with Gasteiger partial charge in [-0.3, -0.25) is 0 Å². The van der Waals surface area contributed by atoms with Crippen LogP contribution >= 0.6 is 11.3 Å². The topological polar surface area (TPSA) is 21.3 Å². The van der Waals surface area contributed by atoms with Gasteiger partial charge in [-0.1, -0.05) is 42.5 Å². The summed E-state index contributed by atoms with van der Waals surface area (Å²) >= 11 is 1.45. The lowest BCUT2D eigenvalue weighted by molar-refractivity contribution is 0.201. The molecular weight excluding hydrogens is 278 g/mol. The highest BCUT2D eigenvalue weighted by Crippen LogP contribution is 2.32. The van der Waals surface area contributed by atoms with Gasteiger partial charge < -0.3 is 10.1 Å². The molecule has 0 fully saturated rings. The van der Waals surface area contributed by atoms with Gasteiger partial charge >= 0.3 is 0 Å². The monoisotopic (exact) mass is 302 g/mol. The average molecular weight is 302 g/mol. The summed E-state index contributed by atoms with van der Waals surface area (Å²) in [7, 11) is 0. The highest BCUT2D eigenvalue weighted by molar-refractivity contribution is 7.10. The second-order valence-corrected chi connectivity index (χ2v) is 5.58. The van der Waals surface area contributed by atoms with Gasteiger partial charge in [0.1, 0.15) is 11.9 Å². The van der Waals surface area contributed by atoms with E-state index in [1.165, 1.54) is 11.3 Å². The Bertz CT molecular complexity index is 858. The Morgan fingerprint density at radius 2 is 2.10 bits per heavy atom. The third-order valence-electron chi connectivity index (χ3n) is 3.26. The first-order valence-corrected chi connectivity index (χ1v) is 7.59. The van der Waals surface area contributed by atoms with E-state index in [9.17, 15) is 0 Å². The van der Waals surface area contributed by atoms with Crippen molar-refractivity contribution in [3.63, 3.8) is 0 Å². The van der Waals surface area contributed by atoms with Crippen molar-refractivity contribution in [2.45, 2.75) is 12.5 Å². The zero-order valence-electron chi connectivity index (χ0n) is 16.4. The van der Waals surface area contributed by atoms with Gasteiger partial charge in [-0.15, -0.1) is 11.3 Å². The molecule has 0 amide bonds. The minimum atomic E-state index is -2.57. The number of thiophene rings is 1. The number of hydrogen-bond donors (Lipinski definition) is 1. The summed E-state index contributed by atoms with van der Waals surface area (Å²) in [4.78, 5) is 0.842. The molecule has 2 aromatic carbocycles. The predicted molar refractivity (Wildman–Crippen MR) is 90.2 cm³/mol. The maximum Gasteiger partial charge on any atom is 0.134 e. The average Bonchev–Trinajstić information content (AvgIpc) is 3.06. The van der Waals surface area contributed by atoms with Crippen LogP contribution in [0.4, 0.5) is 0 Å². The molecule has 3 aromatic rings. The zero-order valence-corrected chi connectivity index (χ0v) is 12.2. The minimum absolute atomic E-state index is 0.130. The molecule has 0 saturated heterocycles. The molecule has 0 aliphatic carbocycles. The van der Waals surface area contributed by atoms with Gasteiger partial charge in [0.05, 0.1) is 0 Å². The molecule has 3 heteroatoms. The smallest absolute Gasteiger partial charge is 0.134 e. The normalized spacial score (nSPS) is 17.2. The molecule has 0 bridgehead atoms. The summed E-state index contributed by atoms with van der Waals surface area (Å²) < 4.78 is 44.1. The summed E-state index contributed by atoms with van der Waals surface area (Å²) in [6.45, 7) is -4.67. The van der Waals surface area contributed by atoms with E-state index in [4.69, 9.17) is 11.6 Å². The van der Waals surface area contributed by atoms with Crippen molar-refractivity contribution in [1.82, 2.24) is 5.32 Å². The van der Waals surface area contributed by atoms with Gasteiger partial charge in [0.25, 0.3) is 0 Å². The maximum atomic E-state index is 8.06. The van der Waals surface area contributed by atoms with E-state index in [1.54, 1.807) is 0 Å². The standard InChI is InChI=1S/C18H19NOS/c1-19-12-11-17(18-10-5-13-21-18)20-16-9-4-7-14-6-2-3-8-15(14)16/h2-10,13,17,19H,11-12H2,1H3/i1D3,12D2. The Labute approximate surface area is 136 Å². The number of nitrogens with one attached hydrogen (secondary N) is 1. The van der Waals surface area contributed by atoms with E-state index >= 15 is 0 Å². The van der Waals surface area contributed by atoms with E-state index in [0.29, 0.717) is 5.75 Å². The Hall–Kier alpha value is -1.84. The third-order valence-corrected chi connectivity index (χ3v) is 4.22. The first-order valence-electron chi connectivity index (χ1n) is 9.21. The van der Waals surface area contributed by atoms with Crippen LogP contribution in [-0.4, -0.2) is 13.5 Å². The van der Waals surface area contributed by atoms with Crippen LogP contribution in [0.1, 0.15) is 24.3 Å². The lowest BCUT2D eigenvalue weighted by Crippen LogP contribution is -2.15. The molecule has 2 nitrogen and oxygen atoms in total. The Morgan fingerprint density at radius 3 is 2.95 bits per heavy atom. The van der Waals surface area contributed by atoms with Crippen LogP contribution < -0.4 is 10.1 Å². The van der Waals surface area contributed by atoms with Crippen LogP contribution in [0.5, 0.6) is 5.75 Å². The number of rotatable bonds is 6. The van der Waals surface area contributed by atoms with Crippen LogP contribution in [0.3, 0.4) is 0 Å². The molecule has 0 saturated carbocycles. The van der Waals surface area contributed by atoms with E-state index in [2.05, 4.69) is 5.32 Å². The summed E-state index contributed by atoms with van der Waals surface area (Å²) in [5.74, 6) is 0.645. The Morgan fingerprint density at radius 1 is 1.19 bits per heavy atom. The molecule has 1 heterocycles. The molecule has 1 unspecified atom stereocenters. The first-order chi connectivity index (χ1) is 12.2. The fourth-order valence-electron chi connectivity index (χ4n) is 2.27. The number of benzene rings is 2. The number of ether oxygens (including phenoxy) is 1. The molecule has 1 N–H and O–H groups in total. The van der Waals surface area contributed by atoms with E-state index in [1.807, 2.05) is 60.0 Å². The second kappa shape index (κ2) is 6.74. The van der Waals surface area contributed by atoms with Gasteiger partial charge in [-0.25, -0.2) is 0 Å². The molecule has 1 aromatic heterocycles. The van der Waals surface area contributed by atoms with Crippen molar-refractivity contribution in [1.29, 1.82) is 0 Å². The lowest BCUT2D eigenvalue weighted by Gasteiger charge is -2.19. The molecule has 0 aliphatic rings. The van der Waals surface area contributed by atoms with Crippen LogP contribution in [0.2, 0.25) is 0 Å². The molecular formula is C18H19NOS. The van der Waals surface area contributed by atoms with Crippen molar-refractivity contribution in [3.05, 3.63) is 64.9 Å². The summed E-state index contributed by atoms with van der Waals surface area (Å²) in [6, 6.07) is 17.2. The van der Waals surface area contributed by atoms with Gasteiger partial charge in [-0.05, 0) is 36.4 Å². The van der Waals surface area contributed by atoms with Gasteiger partial charge in [0.15, 0.2) is 0 Å². The summed E-state index contributed by atoms with van der Waals surface area (Å²) in [5, 5.41) is 5.92. The fourth-order valence-corrected chi connectivity index (χ4v) is 3.02. The van der Waals surface area contributed by atoms with Gasteiger partial charge in [0.2, 0.25) is 0 Å². The lowest BCUT2D eigenvalue weighted by atomic mass is 10.1. The van der Waals surface area contributed by atoms with Gasteiger partial charge in [0, 0.05) is 23.5 Å². The highest BCUT2D eigenvalue weighted by Gasteiger charge is 2.15. The second-order valence-electron chi connectivity index (χ2n) is 4.61. The van der Waals surface area contributed by atoms with Crippen molar-refractivity contribution >= 4 is 22.1 Å². The summed E-state index contributed by atoms with van der Waals surface area (Å²) in [6.07, 6.45) is -0.736. The molecule has 0 radical (unpaired) electrons. The fraction of sp³-hybridized carbons (Fsp3) is 0.222. The summed E-state index contributed by atoms with van der Waals surface area (Å²) in [5.41, 5.74) is 0. The van der Waals surface area contributed by atoms with Crippen LogP contribution in [0.15, 0.2) is 60.0 Å². The van der Waals surface area contributed by atoms with E-state index in [-0.39, 0.29) is 6.42 Å². The van der Waals surface area contributed by atoms with Crippen molar-refractivity contribution < 1.29 is 11.6 Å². The molecule has 0 aliphatic heterocycles. The number of hydrogen-bond acceptors (Lipinski definition) is 3. The largest absolute Gasteiger partial charge is 0.484 e. The van der Waals surface area contributed by atoms with E-state index in [0.717, 1.165) is 15.6 Å². The molecule has 1 atom stereocenters. The number of fused-ring (bicyclic) bond motifs is 1. The molecule has 0 spiro atoms. The SMILES string of the molecule is [2H]C([2H])([2H])NC([2H])([2H])CC(Oc1cccc2ccccc12)c1cccs1. The maximum absolute atomic E-state index is 8.06. The highest BCUT2D eigenvalue weighted by atomic mass is 32.1. The first kappa shape index (κ1) is 9.23.